The summed E-state index contributed by atoms with van der Waals surface area (Å²) in [6.45, 7) is 3.75. The molecule has 2 heterocycles. The lowest BCUT2D eigenvalue weighted by atomic mass is 10.2. The number of nitrogens with zero attached hydrogens (tertiary/aromatic N) is 1. The molecular formula is C17H18Cl2N2O4S2. The standard InChI is InChI=1S/C17H18Cl2N2O4S2/c1-11-6-13(18)8-14(19)17(11)27(23,24)20-15-10-26-9-12(15)7-16(22)21-2-4-25-5-3-21/h6,8-10,20H,2-5,7H2,1H3. The highest BCUT2D eigenvalue weighted by Gasteiger charge is 2.24. The van der Waals surface area contributed by atoms with Gasteiger partial charge in [0, 0.05) is 23.5 Å². The first-order valence-corrected chi connectivity index (χ1v) is 11.3. The Bertz CT molecular complexity index is 931. The number of morpholine rings is 1. The number of hydrogen-bond acceptors (Lipinski definition) is 5. The van der Waals surface area contributed by atoms with E-state index in [0.29, 0.717) is 48.1 Å². The van der Waals surface area contributed by atoms with Gasteiger partial charge in [0.1, 0.15) is 4.90 Å². The number of nitrogens with one attached hydrogen (secondary N) is 1. The summed E-state index contributed by atoms with van der Waals surface area (Å²) in [6.07, 6.45) is 0.120. The maximum absolute atomic E-state index is 12.8. The van der Waals surface area contributed by atoms with Crippen LogP contribution < -0.4 is 4.72 Å². The van der Waals surface area contributed by atoms with Crippen molar-refractivity contribution in [2.45, 2.75) is 18.2 Å². The maximum atomic E-state index is 12.8. The number of anilines is 1. The van der Waals surface area contributed by atoms with Crippen LogP contribution in [0.4, 0.5) is 5.69 Å². The van der Waals surface area contributed by atoms with Crippen molar-refractivity contribution >= 4 is 56.2 Å². The van der Waals surface area contributed by atoms with Crippen molar-refractivity contribution in [1.29, 1.82) is 0 Å². The zero-order valence-corrected chi connectivity index (χ0v) is 17.6. The second kappa shape index (κ2) is 8.36. The van der Waals surface area contributed by atoms with Crippen molar-refractivity contribution in [2.24, 2.45) is 0 Å². The Morgan fingerprint density at radius 1 is 1.26 bits per heavy atom. The van der Waals surface area contributed by atoms with Crippen molar-refractivity contribution in [2.75, 3.05) is 31.0 Å². The molecule has 3 rings (SSSR count). The number of sulfonamides is 1. The van der Waals surface area contributed by atoms with Crippen LogP contribution in [-0.4, -0.2) is 45.5 Å². The molecule has 1 amide bonds. The van der Waals surface area contributed by atoms with E-state index in [4.69, 9.17) is 27.9 Å². The lowest BCUT2D eigenvalue weighted by Crippen LogP contribution is -2.41. The Hall–Kier alpha value is -1.32. The fraction of sp³-hybridized carbons (Fsp3) is 0.353. The van der Waals surface area contributed by atoms with Gasteiger partial charge in [-0.1, -0.05) is 23.2 Å². The van der Waals surface area contributed by atoms with Crippen LogP contribution in [0, 0.1) is 6.92 Å². The van der Waals surface area contributed by atoms with Gasteiger partial charge in [0.2, 0.25) is 5.91 Å². The van der Waals surface area contributed by atoms with Gasteiger partial charge in [0.15, 0.2) is 0 Å². The van der Waals surface area contributed by atoms with Gasteiger partial charge in [0.25, 0.3) is 10.0 Å². The van der Waals surface area contributed by atoms with Gasteiger partial charge in [-0.3, -0.25) is 9.52 Å². The number of rotatable bonds is 5. The van der Waals surface area contributed by atoms with Gasteiger partial charge in [-0.25, -0.2) is 8.42 Å². The lowest BCUT2D eigenvalue weighted by molar-refractivity contribution is -0.134. The van der Waals surface area contributed by atoms with E-state index in [1.165, 1.54) is 17.4 Å². The quantitative estimate of drug-likeness (QED) is 0.758. The van der Waals surface area contributed by atoms with Crippen LogP contribution in [-0.2, 0) is 26.0 Å². The zero-order valence-electron chi connectivity index (χ0n) is 14.5. The number of thiophene rings is 1. The first-order chi connectivity index (χ1) is 12.8. The molecule has 1 aliphatic heterocycles. The summed E-state index contributed by atoms with van der Waals surface area (Å²) in [4.78, 5) is 14.2. The van der Waals surface area contributed by atoms with Crippen LogP contribution in [0.15, 0.2) is 27.8 Å². The van der Waals surface area contributed by atoms with Crippen molar-refractivity contribution in [3.05, 3.63) is 44.1 Å². The third-order valence-corrected chi connectivity index (χ3v) is 7.14. The van der Waals surface area contributed by atoms with E-state index in [1.807, 2.05) is 0 Å². The maximum Gasteiger partial charge on any atom is 0.263 e. The number of aryl methyl sites for hydroxylation is 1. The normalized spacial score (nSPS) is 15.0. The molecule has 1 aliphatic rings. The van der Waals surface area contributed by atoms with Gasteiger partial charge in [-0.2, -0.15) is 0 Å². The number of halogens is 2. The fourth-order valence-electron chi connectivity index (χ4n) is 2.86. The van der Waals surface area contributed by atoms with Crippen molar-refractivity contribution < 1.29 is 17.9 Å². The first kappa shape index (κ1) is 20.4. The summed E-state index contributed by atoms with van der Waals surface area (Å²) in [5, 5.41) is 3.85. The molecule has 27 heavy (non-hydrogen) atoms. The molecule has 6 nitrogen and oxygen atoms in total. The zero-order chi connectivity index (χ0) is 19.6. The number of amides is 1. The Morgan fingerprint density at radius 3 is 2.63 bits per heavy atom. The van der Waals surface area contributed by atoms with Crippen molar-refractivity contribution in [3.63, 3.8) is 0 Å². The highest BCUT2D eigenvalue weighted by molar-refractivity contribution is 7.93. The molecule has 1 aromatic carbocycles. The minimum absolute atomic E-state index is 0.0229. The third kappa shape index (κ3) is 4.75. The summed E-state index contributed by atoms with van der Waals surface area (Å²) in [7, 11) is -3.92. The van der Waals surface area contributed by atoms with E-state index < -0.39 is 10.0 Å². The summed E-state index contributed by atoms with van der Waals surface area (Å²) in [6, 6.07) is 2.93. The van der Waals surface area contributed by atoms with E-state index in [1.54, 1.807) is 28.7 Å². The van der Waals surface area contributed by atoms with Crippen LogP contribution >= 0.6 is 34.5 Å². The minimum atomic E-state index is -3.92. The number of carbonyl (C=O) groups excluding carboxylic acids is 1. The Kier molecular flexibility index (Phi) is 6.32. The van der Waals surface area contributed by atoms with Gasteiger partial charge < -0.3 is 9.64 Å². The molecule has 1 N–H and O–H groups in total. The number of carbonyl (C=O) groups is 1. The SMILES string of the molecule is Cc1cc(Cl)cc(Cl)c1S(=O)(=O)Nc1cscc1CC(=O)N1CCOCC1. The molecule has 0 spiro atoms. The van der Waals surface area contributed by atoms with E-state index in [2.05, 4.69) is 4.72 Å². The monoisotopic (exact) mass is 448 g/mol. The fourth-order valence-corrected chi connectivity index (χ4v) is 6.01. The Balaban J connectivity index is 1.81. The van der Waals surface area contributed by atoms with Crippen LogP contribution in [0.3, 0.4) is 0 Å². The summed E-state index contributed by atoms with van der Waals surface area (Å²) in [5.41, 5.74) is 1.45. The molecular weight excluding hydrogens is 431 g/mol. The second-order valence-corrected chi connectivity index (χ2v) is 9.33. The average Bonchev–Trinajstić information content (AvgIpc) is 3.00. The van der Waals surface area contributed by atoms with E-state index in [9.17, 15) is 13.2 Å². The molecule has 1 aromatic heterocycles. The van der Waals surface area contributed by atoms with Crippen LogP contribution in [0.25, 0.3) is 0 Å². The number of ether oxygens (including phenoxy) is 1. The predicted molar refractivity (Wildman–Crippen MR) is 107 cm³/mol. The molecule has 1 fully saturated rings. The van der Waals surface area contributed by atoms with E-state index in [-0.39, 0.29) is 22.2 Å². The summed E-state index contributed by atoms with van der Waals surface area (Å²) in [5.74, 6) is -0.0575. The molecule has 0 unspecified atom stereocenters. The average molecular weight is 449 g/mol. The summed E-state index contributed by atoms with van der Waals surface area (Å²) >= 11 is 13.4. The van der Waals surface area contributed by atoms with Gasteiger partial charge in [-0.05, 0) is 35.6 Å². The van der Waals surface area contributed by atoms with Crippen LogP contribution in [0.5, 0.6) is 0 Å². The minimum Gasteiger partial charge on any atom is -0.378 e. The highest BCUT2D eigenvalue weighted by atomic mass is 35.5. The molecule has 0 atom stereocenters. The van der Waals surface area contributed by atoms with E-state index >= 15 is 0 Å². The molecule has 0 aliphatic carbocycles. The largest absolute Gasteiger partial charge is 0.378 e. The molecule has 10 heteroatoms. The predicted octanol–water partition coefficient (Wildman–Crippen LogP) is 3.57. The number of benzene rings is 1. The first-order valence-electron chi connectivity index (χ1n) is 8.17. The molecule has 0 saturated carbocycles. The lowest BCUT2D eigenvalue weighted by Gasteiger charge is -2.27. The smallest absolute Gasteiger partial charge is 0.263 e. The summed E-state index contributed by atoms with van der Waals surface area (Å²) < 4.78 is 33.5. The van der Waals surface area contributed by atoms with Gasteiger partial charge in [-0.15, -0.1) is 11.3 Å². The molecule has 2 aromatic rings. The van der Waals surface area contributed by atoms with Crippen molar-refractivity contribution in [3.8, 4) is 0 Å². The molecule has 146 valence electrons. The second-order valence-electron chi connectivity index (χ2n) is 6.12. The van der Waals surface area contributed by atoms with Gasteiger partial charge >= 0.3 is 0 Å². The van der Waals surface area contributed by atoms with Gasteiger partial charge in [0.05, 0.1) is 30.3 Å². The van der Waals surface area contributed by atoms with E-state index in [0.717, 1.165) is 0 Å². The topological polar surface area (TPSA) is 75.7 Å². The molecule has 1 saturated heterocycles. The molecule has 0 bridgehead atoms. The number of hydrogen-bond donors (Lipinski definition) is 1. The Labute approximate surface area is 172 Å². The van der Waals surface area contributed by atoms with Crippen molar-refractivity contribution in [1.82, 2.24) is 4.90 Å². The third-order valence-electron chi connectivity index (χ3n) is 4.15. The van der Waals surface area contributed by atoms with Crippen LogP contribution in [0.2, 0.25) is 10.0 Å². The molecule has 0 radical (unpaired) electrons. The Morgan fingerprint density at radius 2 is 1.96 bits per heavy atom. The van der Waals surface area contributed by atoms with Crippen LogP contribution in [0.1, 0.15) is 11.1 Å². The highest BCUT2D eigenvalue weighted by Crippen LogP contribution is 2.32.